The molecule has 63 heavy (non-hydrogen) atoms. The van der Waals surface area contributed by atoms with E-state index in [0.717, 1.165) is 42.0 Å². The van der Waals surface area contributed by atoms with Gasteiger partial charge in [0, 0.05) is 51.1 Å². The summed E-state index contributed by atoms with van der Waals surface area (Å²) < 4.78 is 65.2. The Morgan fingerprint density at radius 3 is 2.05 bits per heavy atom. The van der Waals surface area contributed by atoms with E-state index in [9.17, 15) is 25.9 Å². The minimum atomic E-state index is -4.05. The number of allylic oxidation sites excluding steroid dienone is 6. The third-order valence-corrected chi connectivity index (χ3v) is 15.4. The number of fused-ring (bicyclic) bond motifs is 6. The van der Waals surface area contributed by atoms with Crippen LogP contribution in [0.25, 0.3) is 21.5 Å². The molecule has 13 heteroatoms. The maximum atomic E-state index is 11.6. The van der Waals surface area contributed by atoms with Crippen molar-refractivity contribution in [2.24, 2.45) is 0 Å². The van der Waals surface area contributed by atoms with Crippen molar-refractivity contribution in [3.63, 3.8) is 0 Å². The molecule has 5 aromatic rings. The first-order chi connectivity index (χ1) is 29.7. The van der Waals surface area contributed by atoms with E-state index in [1.54, 1.807) is 11.8 Å². The molecule has 1 atom stereocenters. The van der Waals surface area contributed by atoms with Crippen LogP contribution in [0, 0.1) is 0 Å². The van der Waals surface area contributed by atoms with Gasteiger partial charge < -0.3 is 15.5 Å². The molecule has 0 saturated heterocycles. The Hall–Kier alpha value is -3.85. The molecule has 324 valence electrons. The van der Waals surface area contributed by atoms with Crippen LogP contribution in [-0.4, -0.2) is 56.6 Å². The fourth-order valence-electron chi connectivity index (χ4n) is 9.57. The average molecular weight is 913 g/mol. The number of hydrogen-bond donors (Lipinski definition) is 3. The molecule has 0 aromatic heterocycles. The summed E-state index contributed by atoms with van der Waals surface area (Å²) in [5.74, 6) is -0.512. The second-order valence-electron chi connectivity index (χ2n) is 17.2. The Labute approximate surface area is 399 Å². The van der Waals surface area contributed by atoms with Gasteiger partial charge in [-0.1, -0.05) is 105 Å². The molecule has 0 fully saturated rings. The molecule has 2 aliphatic heterocycles. The van der Waals surface area contributed by atoms with Gasteiger partial charge in [-0.25, -0.2) is 0 Å². The van der Waals surface area contributed by atoms with Crippen molar-refractivity contribution in [3.8, 4) is 0 Å². The number of unbranched alkanes of at least 4 members (excludes halogenated alkanes) is 2. The van der Waals surface area contributed by atoms with Crippen LogP contribution in [0.5, 0.6) is 0 Å². The summed E-state index contributed by atoms with van der Waals surface area (Å²) in [7, 11) is -8.08. The van der Waals surface area contributed by atoms with E-state index in [-0.39, 0.29) is 52.5 Å². The first kappa shape index (κ1) is 47.1. The van der Waals surface area contributed by atoms with E-state index in [2.05, 4.69) is 133 Å². The van der Waals surface area contributed by atoms with Crippen molar-refractivity contribution in [1.29, 1.82) is 0 Å². The maximum absolute atomic E-state index is 11.6. The summed E-state index contributed by atoms with van der Waals surface area (Å²) in [6.45, 7) is 5.82. The smallest absolute Gasteiger partial charge is 0.399 e. The standard InChI is InChI=1S/C50H55N3O6S3.Na/c1-50(2)47(53(31-8-10-33-62(57,58)59)46-28-20-36-13-4-6-17-43(36)48(46)50)29-21-38-15-11-14-37(49(38)60-41-25-22-39(51)23-26-41)18-24-40-34-44-42-16-5-3-12-35(42)19-27-45(44)52(40)30-7-9-32-61(54,55)56;/h3-6,12-13,16-29,40H,7-11,14-15,30-34,51H2,1-2H3,(H,54,55,56)(H,57,58,59);/q;+1/b24-18+,38-21+,47-29+;. The van der Waals surface area contributed by atoms with Crippen LogP contribution in [0.3, 0.4) is 0 Å². The molecule has 2 heterocycles. The minimum absolute atomic E-state index is 0. The van der Waals surface area contributed by atoms with Gasteiger partial charge in [0.15, 0.2) is 0 Å². The molecule has 5 aromatic carbocycles. The molecule has 4 N–H and O–H groups in total. The van der Waals surface area contributed by atoms with Crippen LogP contribution in [0.4, 0.5) is 17.1 Å². The third-order valence-electron chi connectivity index (χ3n) is 12.5. The average Bonchev–Trinajstić information content (AvgIpc) is 3.70. The predicted octanol–water partition coefficient (Wildman–Crippen LogP) is 8.04. The van der Waals surface area contributed by atoms with Crippen molar-refractivity contribution in [1.82, 2.24) is 0 Å². The SMILES string of the molecule is CC1(C)/C(=C\C=C2/CCCC(/C=C/C3Cc4c(ccc5ccccc45)N3CCCCS(=O)(=O)O)=C2Sc2ccc(N)cc2)N(CCCCS(=O)(=O)O)c2ccc3ccccc3c21.[Na+]. The van der Waals surface area contributed by atoms with Gasteiger partial charge in [-0.2, -0.15) is 16.8 Å². The van der Waals surface area contributed by atoms with E-state index >= 15 is 0 Å². The molecule has 0 spiro atoms. The van der Waals surface area contributed by atoms with Crippen molar-refractivity contribution < 1.29 is 55.5 Å². The number of nitrogen functional groups attached to an aromatic ring is 1. The monoisotopic (exact) mass is 912 g/mol. The molecule has 8 rings (SSSR count). The van der Waals surface area contributed by atoms with E-state index < -0.39 is 20.2 Å². The second-order valence-corrected chi connectivity index (χ2v) is 21.4. The zero-order valence-electron chi connectivity index (χ0n) is 36.3. The van der Waals surface area contributed by atoms with Crippen molar-refractivity contribution in [2.45, 2.75) is 81.6 Å². The zero-order chi connectivity index (χ0) is 43.6. The van der Waals surface area contributed by atoms with Crippen LogP contribution in [0.1, 0.15) is 69.9 Å². The molecular weight excluding hydrogens is 858 g/mol. The van der Waals surface area contributed by atoms with Crippen LogP contribution >= 0.6 is 11.8 Å². The molecule has 9 nitrogen and oxygen atoms in total. The Balaban J connectivity index is 0.00000595. The molecule has 1 aliphatic carbocycles. The number of thioether (sulfide) groups is 1. The Kier molecular flexibility index (Phi) is 14.7. The van der Waals surface area contributed by atoms with Crippen LogP contribution in [0.2, 0.25) is 0 Å². The Bertz CT molecular complexity index is 2850. The largest absolute Gasteiger partial charge is 1.00 e. The molecule has 0 amide bonds. The van der Waals surface area contributed by atoms with E-state index in [0.29, 0.717) is 44.5 Å². The minimum Gasteiger partial charge on any atom is -0.399 e. The van der Waals surface area contributed by atoms with Crippen molar-refractivity contribution in [3.05, 3.63) is 154 Å². The van der Waals surface area contributed by atoms with Gasteiger partial charge in [0.05, 0.1) is 17.5 Å². The second kappa shape index (κ2) is 19.7. The van der Waals surface area contributed by atoms with E-state index in [1.165, 1.54) is 54.4 Å². The molecule has 0 saturated carbocycles. The van der Waals surface area contributed by atoms with Crippen LogP contribution in [-0.2, 0) is 32.1 Å². The zero-order valence-corrected chi connectivity index (χ0v) is 40.8. The van der Waals surface area contributed by atoms with Crippen molar-refractivity contribution in [2.75, 3.05) is 40.1 Å². The normalized spacial score (nSPS) is 18.8. The van der Waals surface area contributed by atoms with E-state index in [1.807, 2.05) is 12.1 Å². The molecule has 0 radical (unpaired) electrons. The summed E-state index contributed by atoms with van der Waals surface area (Å²) in [4.78, 5) is 7.05. The fraction of sp³-hybridized carbons (Fsp3) is 0.320. The van der Waals surface area contributed by atoms with Gasteiger partial charge in [-0.05, 0) is 138 Å². The maximum Gasteiger partial charge on any atom is 1.00 e. The number of hydrogen-bond acceptors (Lipinski definition) is 8. The topological polar surface area (TPSA) is 141 Å². The van der Waals surface area contributed by atoms with Gasteiger partial charge in [0.1, 0.15) is 0 Å². The first-order valence-electron chi connectivity index (χ1n) is 21.5. The molecule has 0 bridgehead atoms. The Morgan fingerprint density at radius 2 is 1.37 bits per heavy atom. The quantitative estimate of drug-likeness (QED) is 0.0409. The summed E-state index contributed by atoms with van der Waals surface area (Å²) in [6, 6.07) is 33.7. The van der Waals surface area contributed by atoms with Gasteiger partial charge in [0.2, 0.25) is 0 Å². The number of benzene rings is 5. The first-order valence-corrected chi connectivity index (χ1v) is 25.5. The molecule has 1 unspecified atom stereocenters. The van der Waals surface area contributed by atoms with Crippen LogP contribution in [0.15, 0.2) is 148 Å². The summed E-state index contributed by atoms with van der Waals surface area (Å²) >= 11 is 1.76. The van der Waals surface area contributed by atoms with Gasteiger partial charge in [-0.15, -0.1) is 0 Å². The van der Waals surface area contributed by atoms with E-state index in [4.69, 9.17) is 5.73 Å². The number of anilines is 3. The van der Waals surface area contributed by atoms with Crippen molar-refractivity contribution >= 4 is 70.6 Å². The third kappa shape index (κ3) is 10.8. The number of nitrogens with two attached hydrogens (primary N) is 1. The molecule has 3 aliphatic rings. The predicted molar refractivity (Wildman–Crippen MR) is 257 cm³/mol. The molecular formula is C50H55N3NaO6S3+. The Morgan fingerprint density at radius 1 is 0.746 bits per heavy atom. The van der Waals surface area contributed by atoms with Crippen LogP contribution < -0.4 is 45.1 Å². The van der Waals surface area contributed by atoms with Gasteiger partial charge in [-0.3, -0.25) is 9.11 Å². The number of rotatable bonds is 15. The van der Waals surface area contributed by atoms with Gasteiger partial charge in [0.25, 0.3) is 20.2 Å². The summed E-state index contributed by atoms with van der Waals surface area (Å²) in [6.07, 6.45) is 14.8. The number of nitrogens with zero attached hydrogens (tertiary/aromatic N) is 2. The van der Waals surface area contributed by atoms with Gasteiger partial charge >= 0.3 is 29.6 Å². The fourth-order valence-corrected chi connectivity index (χ4v) is 11.8. The summed E-state index contributed by atoms with van der Waals surface area (Å²) in [5, 5.41) is 4.81. The summed E-state index contributed by atoms with van der Waals surface area (Å²) in [5.41, 5.74) is 15.0.